The highest BCUT2D eigenvalue weighted by Crippen LogP contribution is 2.39. The van der Waals surface area contributed by atoms with Crippen molar-refractivity contribution in [3.8, 4) is 17.2 Å². The molecule has 4 rings (SSSR count). The maximum absolute atomic E-state index is 13.4. The Labute approximate surface area is 205 Å². The average molecular weight is 475 g/mol. The van der Waals surface area contributed by atoms with Crippen LogP contribution in [0.3, 0.4) is 0 Å². The Bertz CT molecular complexity index is 1160. The van der Waals surface area contributed by atoms with E-state index in [0.29, 0.717) is 42.4 Å². The van der Waals surface area contributed by atoms with Crippen molar-refractivity contribution in [1.29, 1.82) is 0 Å². The lowest BCUT2D eigenvalue weighted by atomic mass is 9.87. The minimum absolute atomic E-state index is 0.0956. The molecule has 1 heterocycles. The number of hydrogen-bond donors (Lipinski definition) is 1. The molecular formula is C28H30N2O5. The van der Waals surface area contributed by atoms with Gasteiger partial charge in [-0.2, -0.15) is 0 Å². The Balaban J connectivity index is 1.60. The van der Waals surface area contributed by atoms with Gasteiger partial charge >= 0.3 is 0 Å². The van der Waals surface area contributed by atoms with Gasteiger partial charge in [0.15, 0.2) is 0 Å². The van der Waals surface area contributed by atoms with Gasteiger partial charge in [0.25, 0.3) is 5.91 Å². The molecule has 1 N–H and O–H groups in total. The first kappa shape index (κ1) is 24.1. The highest BCUT2D eigenvalue weighted by atomic mass is 16.5. The van der Waals surface area contributed by atoms with Crippen LogP contribution in [-0.2, 0) is 11.3 Å². The smallest absolute Gasteiger partial charge is 0.253 e. The van der Waals surface area contributed by atoms with Crippen molar-refractivity contribution in [2.45, 2.75) is 12.5 Å². The molecule has 7 heteroatoms. The second-order valence-electron chi connectivity index (χ2n) is 8.46. The number of nitrogens with zero attached hydrogens (tertiary/aromatic N) is 1. The maximum atomic E-state index is 13.4. The molecule has 0 aromatic heterocycles. The summed E-state index contributed by atoms with van der Waals surface area (Å²) in [4.78, 5) is 28.4. The second kappa shape index (κ2) is 11.0. The third kappa shape index (κ3) is 5.40. The van der Waals surface area contributed by atoms with E-state index >= 15 is 0 Å². The van der Waals surface area contributed by atoms with Crippen LogP contribution in [0.1, 0.15) is 27.4 Å². The predicted molar refractivity (Wildman–Crippen MR) is 133 cm³/mol. The SMILES string of the molecule is COc1ccc(C(=O)N2C[C@@H](C(=O)NCc3ccccc3)[C@H](c3ccc(OC)cc3OC)C2)cc1. The van der Waals surface area contributed by atoms with Gasteiger partial charge in [-0.25, -0.2) is 0 Å². The zero-order valence-electron chi connectivity index (χ0n) is 20.2. The second-order valence-corrected chi connectivity index (χ2v) is 8.46. The molecule has 182 valence electrons. The molecular weight excluding hydrogens is 444 g/mol. The molecule has 3 aromatic rings. The molecule has 0 spiro atoms. The van der Waals surface area contributed by atoms with E-state index in [1.165, 1.54) is 0 Å². The van der Waals surface area contributed by atoms with E-state index in [-0.39, 0.29) is 17.7 Å². The molecule has 2 amide bonds. The number of carbonyl (C=O) groups excluding carboxylic acids is 2. The van der Waals surface area contributed by atoms with Crippen molar-refractivity contribution in [3.63, 3.8) is 0 Å². The van der Waals surface area contributed by atoms with Crippen molar-refractivity contribution < 1.29 is 23.8 Å². The van der Waals surface area contributed by atoms with Crippen LogP contribution in [0.4, 0.5) is 0 Å². The number of likely N-dealkylation sites (tertiary alicyclic amines) is 1. The van der Waals surface area contributed by atoms with Crippen molar-refractivity contribution in [1.82, 2.24) is 10.2 Å². The van der Waals surface area contributed by atoms with Gasteiger partial charge in [-0.15, -0.1) is 0 Å². The molecule has 7 nitrogen and oxygen atoms in total. The van der Waals surface area contributed by atoms with Crippen LogP contribution in [0.5, 0.6) is 17.2 Å². The number of nitrogens with one attached hydrogen (secondary N) is 1. The van der Waals surface area contributed by atoms with Gasteiger partial charge in [0.05, 0.1) is 27.2 Å². The zero-order valence-corrected chi connectivity index (χ0v) is 20.2. The van der Waals surface area contributed by atoms with Crippen LogP contribution in [0.15, 0.2) is 72.8 Å². The third-order valence-corrected chi connectivity index (χ3v) is 6.43. The number of ether oxygens (including phenoxy) is 3. The lowest BCUT2D eigenvalue weighted by Gasteiger charge is -2.21. The highest BCUT2D eigenvalue weighted by molar-refractivity contribution is 5.95. The summed E-state index contributed by atoms with van der Waals surface area (Å²) < 4.78 is 16.2. The molecule has 0 unspecified atom stereocenters. The number of amides is 2. The molecule has 0 saturated carbocycles. The van der Waals surface area contributed by atoms with Crippen molar-refractivity contribution in [2.75, 3.05) is 34.4 Å². The minimum atomic E-state index is -0.428. The Morgan fingerprint density at radius 2 is 1.54 bits per heavy atom. The first-order valence-corrected chi connectivity index (χ1v) is 11.5. The average Bonchev–Trinajstić information content (AvgIpc) is 3.37. The number of carbonyl (C=O) groups is 2. The van der Waals surface area contributed by atoms with Crippen LogP contribution in [0, 0.1) is 5.92 Å². The molecule has 3 aromatic carbocycles. The molecule has 1 aliphatic rings. The quantitative estimate of drug-likeness (QED) is 0.536. The van der Waals surface area contributed by atoms with Gasteiger partial charge < -0.3 is 24.4 Å². The Morgan fingerprint density at radius 3 is 2.20 bits per heavy atom. The summed E-state index contributed by atoms with van der Waals surface area (Å²) in [6.07, 6.45) is 0. The minimum Gasteiger partial charge on any atom is -0.497 e. The Kier molecular flexibility index (Phi) is 7.55. The van der Waals surface area contributed by atoms with E-state index < -0.39 is 5.92 Å². The predicted octanol–water partition coefficient (Wildman–Crippen LogP) is 3.88. The maximum Gasteiger partial charge on any atom is 0.253 e. The fourth-order valence-electron chi connectivity index (χ4n) is 4.51. The van der Waals surface area contributed by atoms with E-state index in [2.05, 4.69) is 5.32 Å². The lowest BCUT2D eigenvalue weighted by molar-refractivity contribution is -0.125. The van der Waals surface area contributed by atoms with Crippen LogP contribution < -0.4 is 19.5 Å². The van der Waals surface area contributed by atoms with E-state index in [1.807, 2.05) is 48.5 Å². The first-order valence-electron chi connectivity index (χ1n) is 11.5. The molecule has 0 aliphatic carbocycles. The monoisotopic (exact) mass is 474 g/mol. The van der Waals surface area contributed by atoms with Crippen molar-refractivity contribution >= 4 is 11.8 Å². The Morgan fingerprint density at radius 1 is 0.857 bits per heavy atom. The fraction of sp³-hybridized carbons (Fsp3) is 0.286. The zero-order chi connectivity index (χ0) is 24.8. The molecule has 0 bridgehead atoms. The van der Waals surface area contributed by atoms with Gasteiger partial charge in [0.1, 0.15) is 17.2 Å². The normalized spacial score (nSPS) is 17.1. The van der Waals surface area contributed by atoms with Gasteiger partial charge in [-0.1, -0.05) is 36.4 Å². The highest BCUT2D eigenvalue weighted by Gasteiger charge is 2.41. The largest absolute Gasteiger partial charge is 0.497 e. The van der Waals surface area contributed by atoms with Crippen molar-refractivity contribution in [3.05, 3.63) is 89.5 Å². The van der Waals surface area contributed by atoms with Crippen LogP contribution in [-0.4, -0.2) is 51.1 Å². The van der Waals surface area contributed by atoms with Gasteiger partial charge in [0.2, 0.25) is 5.91 Å². The summed E-state index contributed by atoms with van der Waals surface area (Å²) in [6.45, 7) is 1.14. The van der Waals surface area contributed by atoms with Gasteiger partial charge in [0, 0.05) is 42.7 Å². The number of rotatable bonds is 8. The molecule has 35 heavy (non-hydrogen) atoms. The molecule has 1 fully saturated rings. The van der Waals surface area contributed by atoms with Crippen LogP contribution in [0.2, 0.25) is 0 Å². The topological polar surface area (TPSA) is 77.1 Å². The van der Waals surface area contributed by atoms with E-state index in [0.717, 1.165) is 11.1 Å². The summed E-state index contributed by atoms with van der Waals surface area (Å²) in [5.41, 5.74) is 2.44. The standard InChI is InChI=1S/C28H30N2O5/c1-33-21-11-9-20(10-12-21)28(32)30-17-24(23-14-13-22(34-2)15-26(23)35-3)25(18-30)27(31)29-16-19-7-5-4-6-8-19/h4-15,24-25H,16-18H2,1-3H3,(H,29,31)/t24-,25+/m0/s1. The van der Waals surface area contributed by atoms with Gasteiger partial charge in [-0.05, 0) is 35.9 Å². The summed E-state index contributed by atoms with van der Waals surface area (Å²) in [6, 6.07) is 22.4. The Hall–Kier alpha value is -4.00. The molecule has 2 atom stereocenters. The van der Waals surface area contributed by atoms with Gasteiger partial charge in [-0.3, -0.25) is 9.59 Å². The number of benzene rings is 3. The summed E-state index contributed by atoms with van der Waals surface area (Å²) in [7, 11) is 4.78. The summed E-state index contributed by atoms with van der Waals surface area (Å²) >= 11 is 0. The third-order valence-electron chi connectivity index (χ3n) is 6.43. The van der Waals surface area contributed by atoms with Crippen LogP contribution >= 0.6 is 0 Å². The number of methoxy groups -OCH3 is 3. The van der Waals surface area contributed by atoms with E-state index in [9.17, 15) is 9.59 Å². The first-order chi connectivity index (χ1) is 17.0. The molecule has 0 radical (unpaired) electrons. The lowest BCUT2D eigenvalue weighted by Crippen LogP contribution is -2.35. The van der Waals surface area contributed by atoms with E-state index in [1.54, 1.807) is 50.5 Å². The van der Waals surface area contributed by atoms with Crippen molar-refractivity contribution in [2.24, 2.45) is 5.92 Å². The van der Waals surface area contributed by atoms with Crippen LogP contribution in [0.25, 0.3) is 0 Å². The number of hydrogen-bond acceptors (Lipinski definition) is 5. The van der Waals surface area contributed by atoms with E-state index in [4.69, 9.17) is 14.2 Å². The summed E-state index contributed by atoms with van der Waals surface area (Å²) in [5, 5.41) is 3.06. The molecule has 1 aliphatic heterocycles. The fourth-order valence-corrected chi connectivity index (χ4v) is 4.51. The summed E-state index contributed by atoms with van der Waals surface area (Å²) in [5.74, 6) is 1.11. The molecule has 1 saturated heterocycles.